The molecular weight excluding hydrogens is 190 g/mol. The van der Waals surface area contributed by atoms with E-state index >= 15 is 0 Å². The van der Waals surface area contributed by atoms with Crippen molar-refractivity contribution in [2.75, 3.05) is 17.7 Å². The van der Waals surface area contributed by atoms with Gasteiger partial charge in [0, 0.05) is 6.61 Å². The van der Waals surface area contributed by atoms with E-state index in [0.717, 1.165) is 25.3 Å². The van der Waals surface area contributed by atoms with Gasteiger partial charge in [0.05, 0.1) is 24.0 Å². The van der Waals surface area contributed by atoms with E-state index < -0.39 is 0 Å². The van der Waals surface area contributed by atoms with Crippen LogP contribution in [-0.2, 0) is 4.74 Å². The molecule has 15 heavy (non-hydrogen) atoms. The fourth-order valence-electron chi connectivity index (χ4n) is 1.81. The molecule has 0 radical (unpaired) electrons. The SMILES string of the molecule is CC(Nc1ccc(N)cn1)[C@H]1CCCO1. The van der Waals surface area contributed by atoms with Gasteiger partial charge in [0.2, 0.25) is 0 Å². The van der Waals surface area contributed by atoms with Crippen molar-refractivity contribution >= 4 is 11.5 Å². The number of nitrogen functional groups attached to an aromatic ring is 1. The predicted octanol–water partition coefficient (Wildman–Crippen LogP) is 1.64. The Morgan fingerprint density at radius 3 is 3.07 bits per heavy atom. The molecule has 1 aromatic rings. The number of nitrogens with one attached hydrogen (secondary N) is 1. The lowest BCUT2D eigenvalue weighted by Gasteiger charge is -2.20. The summed E-state index contributed by atoms with van der Waals surface area (Å²) >= 11 is 0. The van der Waals surface area contributed by atoms with Crippen molar-refractivity contribution in [3.8, 4) is 0 Å². The Bertz CT molecular complexity index is 306. The molecule has 2 heterocycles. The summed E-state index contributed by atoms with van der Waals surface area (Å²) in [5, 5.41) is 3.32. The van der Waals surface area contributed by atoms with Gasteiger partial charge in [-0.05, 0) is 31.9 Å². The highest BCUT2D eigenvalue weighted by Gasteiger charge is 2.22. The molecule has 0 bridgehead atoms. The Balaban J connectivity index is 1.92. The monoisotopic (exact) mass is 207 g/mol. The first kappa shape index (κ1) is 10.2. The number of anilines is 2. The second-order valence-corrected chi connectivity index (χ2v) is 3.96. The third-order valence-corrected chi connectivity index (χ3v) is 2.68. The number of hydrogen-bond donors (Lipinski definition) is 2. The lowest BCUT2D eigenvalue weighted by atomic mass is 10.1. The highest BCUT2D eigenvalue weighted by Crippen LogP contribution is 2.18. The fraction of sp³-hybridized carbons (Fsp3) is 0.545. The quantitative estimate of drug-likeness (QED) is 0.791. The molecule has 0 aromatic carbocycles. The van der Waals surface area contributed by atoms with Gasteiger partial charge in [-0.3, -0.25) is 0 Å². The van der Waals surface area contributed by atoms with Crippen LogP contribution >= 0.6 is 0 Å². The molecule has 1 saturated heterocycles. The smallest absolute Gasteiger partial charge is 0.126 e. The van der Waals surface area contributed by atoms with Crippen molar-refractivity contribution in [3.05, 3.63) is 18.3 Å². The van der Waals surface area contributed by atoms with Crippen LogP contribution in [0.15, 0.2) is 18.3 Å². The summed E-state index contributed by atoms with van der Waals surface area (Å²) in [5.74, 6) is 0.854. The first-order valence-corrected chi connectivity index (χ1v) is 5.35. The third-order valence-electron chi connectivity index (χ3n) is 2.68. The Labute approximate surface area is 89.8 Å². The molecule has 2 atom stereocenters. The summed E-state index contributed by atoms with van der Waals surface area (Å²) in [6.45, 7) is 3.00. The van der Waals surface area contributed by atoms with Gasteiger partial charge in [-0.15, -0.1) is 0 Å². The van der Waals surface area contributed by atoms with Gasteiger partial charge in [0.1, 0.15) is 5.82 Å². The second kappa shape index (κ2) is 4.49. The summed E-state index contributed by atoms with van der Waals surface area (Å²) in [7, 11) is 0. The summed E-state index contributed by atoms with van der Waals surface area (Å²) in [5.41, 5.74) is 6.25. The molecule has 4 heteroatoms. The van der Waals surface area contributed by atoms with Crippen molar-refractivity contribution in [1.29, 1.82) is 0 Å². The Morgan fingerprint density at radius 1 is 1.60 bits per heavy atom. The molecule has 1 aromatic heterocycles. The number of aromatic nitrogens is 1. The number of rotatable bonds is 3. The van der Waals surface area contributed by atoms with Crippen LogP contribution < -0.4 is 11.1 Å². The van der Waals surface area contributed by atoms with Crippen molar-refractivity contribution in [2.24, 2.45) is 0 Å². The summed E-state index contributed by atoms with van der Waals surface area (Å²) in [6.07, 6.45) is 4.25. The van der Waals surface area contributed by atoms with Crippen LogP contribution in [-0.4, -0.2) is 23.7 Å². The summed E-state index contributed by atoms with van der Waals surface area (Å²) in [4.78, 5) is 4.20. The number of nitrogens with zero attached hydrogens (tertiary/aromatic N) is 1. The zero-order chi connectivity index (χ0) is 10.7. The Kier molecular flexibility index (Phi) is 3.06. The molecule has 1 aliphatic heterocycles. The standard InChI is InChI=1S/C11H17N3O/c1-8(10-3-2-6-15-10)14-11-5-4-9(12)7-13-11/h4-5,7-8,10H,2-3,6,12H2,1H3,(H,13,14)/t8?,10-/m1/s1. The van der Waals surface area contributed by atoms with E-state index in [1.807, 2.05) is 12.1 Å². The molecule has 3 N–H and O–H groups in total. The zero-order valence-electron chi connectivity index (χ0n) is 8.94. The fourth-order valence-corrected chi connectivity index (χ4v) is 1.81. The van der Waals surface area contributed by atoms with E-state index in [9.17, 15) is 0 Å². The normalized spacial score (nSPS) is 22.6. The van der Waals surface area contributed by atoms with Crippen molar-refractivity contribution in [2.45, 2.75) is 31.9 Å². The highest BCUT2D eigenvalue weighted by atomic mass is 16.5. The van der Waals surface area contributed by atoms with E-state index in [2.05, 4.69) is 17.2 Å². The molecule has 1 aliphatic rings. The van der Waals surface area contributed by atoms with Gasteiger partial charge in [-0.25, -0.2) is 4.98 Å². The van der Waals surface area contributed by atoms with Crippen LogP contribution in [0.2, 0.25) is 0 Å². The maximum atomic E-state index is 5.60. The maximum Gasteiger partial charge on any atom is 0.126 e. The lowest BCUT2D eigenvalue weighted by Crippen LogP contribution is -2.30. The Hall–Kier alpha value is -1.29. The molecule has 0 amide bonds. The molecule has 1 fully saturated rings. The third kappa shape index (κ3) is 2.59. The first-order valence-electron chi connectivity index (χ1n) is 5.35. The molecule has 4 nitrogen and oxygen atoms in total. The maximum absolute atomic E-state index is 5.60. The number of ether oxygens (including phenoxy) is 1. The molecule has 0 saturated carbocycles. The minimum Gasteiger partial charge on any atom is -0.397 e. The van der Waals surface area contributed by atoms with Gasteiger partial charge < -0.3 is 15.8 Å². The minimum atomic E-state index is 0.295. The number of pyridine rings is 1. The molecule has 0 spiro atoms. The largest absolute Gasteiger partial charge is 0.397 e. The molecular formula is C11H17N3O. The van der Waals surface area contributed by atoms with E-state index in [0.29, 0.717) is 17.8 Å². The summed E-state index contributed by atoms with van der Waals surface area (Å²) < 4.78 is 5.60. The van der Waals surface area contributed by atoms with E-state index in [4.69, 9.17) is 10.5 Å². The topological polar surface area (TPSA) is 60.2 Å². The molecule has 0 aliphatic carbocycles. The van der Waals surface area contributed by atoms with Gasteiger partial charge in [0.15, 0.2) is 0 Å². The summed E-state index contributed by atoms with van der Waals surface area (Å²) in [6, 6.07) is 4.03. The van der Waals surface area contributed by atoms with Crippen LogP contribution in [0.25, 0.3) is 0 Å². The average molecular weight is 207 g/mol. The minimum absolute atomic E-state index is 0.295. The highest BCUT2D eigenvalue weighted by molar-refractivity contribution is 5.44. The van der Waals surface area contributed by atoms with Crippen LogP contribution in [0.4, 0.5) is 11.5 Å². The zero-order valence-corrected chi connectivity index (χ0v) is 8.94. The van der Waals surface area contributed by atoms with Gasteiger partial charge >= 0.3 is 0 Å². The van der Waals surface area contributed by atoms with E-state index in [-0.39, 0.29) is 0 Å². The van der Waals surface area contributed by atoms with Gasteiger partial charge in [-0.1, -0.05) is 0 Å². The predicted molar refractivity (Wildman–Crippen MR) is 60.7 cm³/mol. The Morgan fingerprint density at radius 2 is 2.47 bits per heavy atom. The van der Waals surface area contributed by atoms with Gasteiger partial charge in [-0.2, -0.15) is 0 Å². The van der Waals surface area contributed by atoms with Crippen molar-refractivity contribution in [1.82, 2.24) is 4.98 Å². The van der Waals surface area contributed by atoms with Crippen LogP contribution in [0.3, 0.4) is 0 Å². The lowest BCUT2D eigenvalue weighted by molar-refractivity contribution is 0.0995. The molecule has 1 unspecified atom stereocenters. The van der Waals surface area contributed by atoms with Gasteiger partial charge in [0.25, 0.3) is 0 Å². The molecule has 82 valence electrons. The van der Waals surface area contributed by atoms with Crippen LogP contribution in [0.5, 0.6) is 0 Å². The average Bonchev–Trinajstić information content (AvgIpc) is 2.74. The van der Waals surface area contributed by atoms with Crippen molar-refractivity contribution < 1.29 is 4.74 Å². The molecule has 2 rings (SSSR count). The van der Waals surface area contributed by atoms with Crippen LogP contribution in [0, 0.1) is 0 Å². The second-order valence-electron chi connectivity index (χ2n) is 3.96. The number of nitrogens with two attached hydrogens (primary N) is 1. The van der Waals surface area contributed by atoms with Crippen molar-refractivity contribution in [3.63, 3.8) is 0 Å². The van der Waals surface area contributed by atoms with E-state index in [1.165, 1.54) is 0 Å². The van der Waals surface area contributed by atoms with Crippen LogP contribution in [0.1, 0.15) is 19.8 Å². The first-order chi connectivity index (χ1) is 7.25. The number of hydrogen-bond acceptors (Lipinski definition) is 4. The van der Waals surface area contributed by atoms with E-state index in [1.54, 1.807) is 6.20 Å².